The second-order valence-electron chi connectivity index (χ2n) is 6.45. The molecule has 0 aliphatic rings. The normalized spacial score (nSPS) is 10.3. The summed E-state index contributed by atoms with van der Waals surface area (Å²) in [6.45, 7) is 1.39. The molecule has 3 rings (SSSR count). The molecule has 3 aromatic rings. The third kappa shape index (κ3) is 5.26. The number of phenolic OH excluding ortho intramolecular Hbond substituents is 1. The SMILES string of the molecule is Cc1ccc(C(=O)OCC(=O)Nc2ccccc2C(=O)NCc2ccco2)c(O)c1. The summed E-state index contributed by atoms with van der Waals surface area (Å²) < 4.78 is 10.1. The number of phenols is 1. The number of anilines is 1. The van der Waals surface area contributed by atoms with Crippen molar-refractivity contribution in [2.24, 2.45) is 0 Å². The van der Waals surface area contributed by atoms with Crippen LogP contribution in [0.25, 0.3) is 0 Å². The molecule has 0 radical (unpaired) electrons. The Kier molecular flexibility index (Phi) is 6.49. The summed E-state index contributed by atoms with van der Waals surface area (Å²) in [5, 5.41) is 15.1. The van der Waals surface area contributed by atoms with E-state index in [4.69, 9.17) is 9.15 Å². The number of nitrogens with one attached hydrogen (secondary N) is 2. The minimum Gasteiger partial charge on any atom is -0.507 e. The molecule has 0 aliphatic carbocycles. The highest BCUT2D eigenvalue weighted by molar-refractivity contribution is 6.04. The van der Waals surface area contributed by atoms with E-state index >= 15 is 0 Å². The van der Waals surface area contributed by atoms with Gasteiger partial charge in [0, 0.05) is 0 Å². The third-order valence-corrected chi connectivity index (χ3v) is 4.16. The van der Waals surface area contributed by atoms with Crippen molar-refractivity contribution in [1.29, 1.82) is 0 Å². The van der Waals surface area contributed by atoms with Crippen LogP contribution in [0.3, 0.4) is 0 Å². The number of hydrogen-bond donors (Lipinski definition) is 3. The smallest absolute Gasteiger partial charge is 0.342 e. The number of hydrogen-bond acceptors (Lipinski definition) is 6. The Bertz CT molecular complexity index is 1060. The van der Waals surface area contributed by atoms with E-state index in [1.54, 1.807) is 49.4 Å². The zero-order chi connectivity index (χ0) is 21.5. The van der Waals surface area contributed by atoms with Gasteiger partial charge >= 0.3 is 5.97 Å². The molecule has 0 saturated carbocycles. The van der Waals surface area contributed by atoms with Gasteiger partial charge in [0.25, 0.3) is 11.8 Å². The molecule has 0 fully saturated rings. The van der Waals surface area contributed by atoms with Gasteiger partial charge < -0.3 is 24.9 Å². The predicted octanol–water partition coefficient (Wildman–Crippen LogP) is 3.02. The number of esters is 1. The number of rotatable bonds is 7. The first-order chi connectivity index (χ1) is 14.4. The van der Waals surface area contributed by atoms with E-state index in [0.717, 1.165) is 5.56 Å². The van der Waals surface area contributed by atoms with Crippen molar-refractivity contribution in [2.75, 3.05) is 11.9 Å². The molecule has 1 aromatic heterocycles. The van der Waals surface area contributed by atoms with Crippen molar-refractivity contribution < 1.29 is 28.6 Å². The van der Waals surface area contributed by atoms with Gasteiger partial charge in [-0.05, 0) is 48.9 Å². The molecule has 30 heavy (non-hydrogen) atoms. The predicted molar refractivity (Wildman–Crippen MR) is 108 cm³/mol. The van der Waals surface area contributed by atoms with E-state index in [0.29, 0.717) is 5.76 Å². The summed E-state index contributed by atoms with van der Waals surface area (Å²) in [6, 6.07) is 14.4. The molecule has 0 aliphatic heterocycles. The van der Waals surface area contributed by atoms with Gasteiger partial charge in [-0.15, -0.1) is 0 Å². The van der Waals surface area contributed by atoms with Gasteiger partial charge in [-0.25, -0.2) is 4.79 Å². The average molecular weight is 408 g/mol. The highest BCUT2D eigenvalue weighted by Crippen LogP contribution is 2.19. The summed E-state index contributed by atoms with van der Waals surface area (Å²) in [4.78, 5) is 36.7. The van der Waals surface area contributed by atoms with Crippen LogP contribution in [0.15, 0.2) is 65.3 Å². The summed E-state index contributed by atoms with van der Waals surface area (Å²) in [5.74, 6) is -1.48. The largest absolute Gasteiger partial charge is 0.507 e. The highest BCUT2D eigenvalue weighted by Gasteiger charge is 2.17. The van der Waals surface area contributed by atoms with Crippen molar-refractivity contribution in [2.45, 2.75) is 13.5 Å². The fourth-order valence-corrected chi connectivity index (χ4v) is 2.68. The minimum atomic E-state index is -0.827. The molecule has 2 aromatic carbocycles. The molecule has 154 valence electrons. The molecule has 0 unspecified atom stereocenters. The first-order valence-electron chi connectivity index (χ1n) is 9.10. The molecule has 1 heterocycles. The lowest BCUT2D eigenvalue weighted by molar-refractivity contribution is -0.119. The first kappa shape index (κ1) is 20.7. The average Bonchev–Trinajstić information content (AvgIpc) is 3.24. The van der Waals surface area contributed by atoms with Gasteiger partial charge in [0.05, 0.1) is 24.1 Å². The van der Waals surface area contributed by atoms with E-state index in [1.807, 2.05) is 0 Å². The Labute approximate surface area is 172 Å². The molecule has 0 spiro atoms. The Morgan fingerprint density at radius 3 is 2.57 bits per heavy atom. The number of aryl methyl sites for hydroxylation is 1. The van der Waals surface area contributed by atoms with Gasteiger partial charge in [-0.1, -0.05) is 18.2 Å². The molecular weight excluding hydrogens is 388 g/mol. The Morgan fingerprint density at radius 1 is 1.03 bits per heavy atom. The molecule has 0 saturated heterocycles. The van der Waals surface area contributed by atoms with Gasteiger partial charge in [0.1, 0.15) is 17.1 Å². The topological polar surface area (TPSA) is 118 Å². The lowest BCUT2D eigenvalue weighted by Crippen LogP contribution is -2.26. The number of furan rings is 1. The number of benzene rings is 2. The van der Waals surface area contributed by atoms with Crippen LogP contribution in [0.5, 0.6) is 5.75 Å². The van der Waals surface area contributed by atoms with Crippen LogP contribution in [0, 0.1) is 6.92 Å². The lowest BCUT2D eigenvalue weighted by Gasteiger charge is -2.11. The van der Waals surface area contributed by atoms with Gasteiger partial charge in [-0.2, -0.15) is 0 Å². The van der Waals surface area contributed by atoms with Crippen LogP contribution in [-0.4, -0.2) is 29.5 Å². The van der Waals surface area contributed by atoms with E-state index in [1.165, 1.54) is 18.4 Å². The third-order valence-electron chi connectivity index (χ3n) is 4.16. The summed E-state index contributed by atoms with van der Waals surface area (Å²) in [5.41, 5.74) is 1.27. The van der Waals surface area contributed by atoms with Crippen LogP contribution < -0.4 is 10.6 Å². The van der Waals surface area contributed by atoms with E-state index in [-0.39, 0.29) is 29.1 Å². The fraction of sp³-hybridized carbons (Fsp3) is 0.136. The van der Waals surface area contributed by atoms with Crippen LogP contribution in [0.4, 0.5) is 5.69 Å². The van der Waals surface area contributed by atoms with E-state index in [9.17, 15) is 19.5 Å². The lowest BCUT2D eigenvalue weighted by atomic mass is 10.1. The number of aromatic hydroxyl groups is 1. The quantitative estimate of drug-likeness (QED) is 0.517. The van der Waals surface area contributed by atoms with Gasteiger partial charge in [0.15, 0.2) is 6.61 Å². The van der Waals surface area contributed by atoms with Crippen LogP contribution in [0.2, 0.25) is 0 Å². The minimum absolute atomic E-state index is 0.0360. The van der Waals surface area contributed by atoms with Crippen LogP contribution in [-0.2, 0) is 16.1 Å². The maximum atomic E-state index is 12.4. The van der Waals surface area contributed by atoms with Crippen molar-refractivity contribution >= 4 is 23.5 Å². The van der Waals surface area contributed by atoms with Crippen molar-refractivity contribution in [3.63, 3.8) is 0 Å². The summed E-state index contributed by atoms with van der Waals surface area (Å²) in [6.07, 6.45) is 1.51. The van der Waals surface area contributed by atoms with Crippen molar-refractivity contribution in [1.82, 2.24) is 5.32 Å². The first-order valence-corrected chi connectivity index (χ1v) is 9.10. The van der Waals surface area contributed by atoms with Crippen molar-refractivity contribution in [3.05, 3.63) is 83.3 Å². The molecule has 2 amide bonds. The van der Waals surface area contributed by atoms with E-state index in [2.05, 4.69) is 10.6 Å². The van der Waals surface area contributed by atoms with Crippen molar-refractivity contribution in [3.8, 4) is 5.75 Å². The number of amides is 2. The van der Waals surface area contributed by atoms with Gasteiger partial charge in [0.2, 0.25) is 0 Å². The molecule has 8 nitrogen and oxygen atoms in total. The fourth-order valence-electron chi connectivity index (χ4n) is 2.68. The van der Waals surface area contributed by atoms with Crippen LogP contribution in [0.1, 0.15) is 32.0 Å². The number of ether oxygens (including phenoxy) is 1. The van der Waals surface area contributed by atoms with E-state index < -0.39 is 24.4 Å². The second-order valence-corrected chi connectivity index (χ2v) is 6.45. The number of para-hydroxylation sites is 1. The van der Waals surface area contributed by atoms with Gasteiger partial charge in [-0.3, -0.25) is 9.59 Å². The standard InChI is InChI=1S/C22H20N2O6/c1-14-8-9-17(19(25)11-14)22(28)30-13-20(26)24-18-7-3-2-6-16(18)21(27)23-12-15-5-4-10-29-15/h2-11,25H,12-13H2,1H3,(H,23,27)(H,24,26). The maximum Gasteiger partial charge on any atom is 0.342 e. The Morgan fingerprint density at radius 2 is 1.83 bits per heavy atom. The zero-order valence-corrected chi connectivity index (χ0v) is 16.2. The Hall–Kier alpha value is -4.07. The summed E-state index contributed by atoms with van der Waals surface area (Å²) in [7, 11) is 0. The molecular formula is C22H20N2O6. The summed E-state index contributed by atoms with van der Waals surface area (Å²) >= 11 is 0. The zero-order valence-electron chi connectivity index (χ0n) is 16.2. The second kappa shape index (κ2) is 9.42. The molecule has 0 atom stereocenters. The molecule has 8 heteroatoms. The number of carbonyl (C=O) groups excluding carboxylic acids is 3. The monoisotopic (exact) mass is 408 g/mol. The number of carbonyl (C=O) groups is 3. The maximum absolute atomic E-state index is 12.4. The Balaban J connectivity index is 1.58. The molecule has 3 N–H and O–H groups in total. The molecule has 0 bridgehead atoms. The highest BCUT2D eigenvalue weighted by atomic mass is 16.5. The van der Waals surface area contributed by atoms with Crippen LogP contribution >= 0.6 is 0 Å².